The first-order valence-electron chi connectivity index (χ1n) is 5.74. The molecular formula is C12H7F5N2O2S. The van der Waals surface area contributed by atoms with Gasteiger partial charge in [-0.2, -0.15) is 4.98 Å². The number of nitrogen functional groups attached to an aromatic ring is 1. The Hall–Kier alpha value is -2.23. The number of carboxylic acids is 1. The van der Waals surface area contributed by atoms with Crippen LogP contribution in [0.15, 0.2) is 0 Å². The third-order valence-electron chi connectivity index (χ3n) is 2.86. The number of nitrogens with zero attached hydrogens (tertiary/aromatic N) is 1. The number of carbonyl (C=O) groups is 1. The number of benzene rings is 1. The molecule has 0 aliphatic rings. The van der Waals surface area contributed by atoms with Gasteiger partial charge >= 0.3 is 5.13 Å². The van der Waals surface area contributed by atoms with E-state index in [4.69, 9.17) is 5.73 Å². The Balaban J connectivity index is 2.93. The molecule has 0 aliphatic heterocycles. The van der Waals surface area contributed by atoms with Gasteiger partial charge in [-0.05, 0) is 6.92 Å². The van der Waals surface area contributed by atoms with Crippen LogP contribution in [0.25, 0.3) is 11.3 Å². The predicted octanol–water partition coefficient (Wildman–Crippen LogP) is 2.16. The predicted molar refractivity (Wildman–Crippen MR) is 66.4 cm³/mol. The van der Waals surface area contributed by atoms with Gasteiger partial charge in [-0.25, -0.2) is 22.0 Å². The summed E-state index contributed by atoms with van der Waals surface area (Å²) >= 11 is 0. The van der Waals surface area contributed by atoms with Crippen molar-refractivity contribution < 1.29 is 31.9 Å². The quantitative estimate of drug-likeness (QED) is 0.403. The van der Waals surface area contributed by atoms with Gasteiger partial charge in [-0.3, -0.25) is 0 Å². The van der Waals surface area contributed by atoms with Crippen molar-refractivity contribution in [2.45, 2.75) is 12.7 Å². The molecule has 0 bridgehead atoms. The highest BCUT2D eigenvalue weighted by Gasteiger charge is 2.35. The molecule has 1 aromatic carbocycles. The number of carbonyl (C=O) groups excluding carboxylic acids is 1. The van der Waals surface area contributed by atoms with Crippen LogP contribution in [0.3, 0.4) is 0 Å². The van der Waals surface area contributed by atoms with E-state index in [0.29, 0.717) is 0 Å². The summed E-state index contributed by atoms with van der Waals surface area (Å²) in [4.78, 5) is 13.9. The summed E-state index contributed by atoms with van der Waals surface area (Å²) in [5.74, 6) is -12.8. The summed E-state index contributed by atoms with van der Waals surface area (Å²) in [6.45, 7) is 1.52. The van der Waals surface area contributed by atoms with Crippen molar-refractivity contribution >= 4 is 21.6 Å². The smallest absolute Gasteiger partial charge is 0.338 e. The van der Waals surface area contributed by atoms with Gasteiger partial charge in [0.1, 0.15) is 17.4 Å². The number of thiazole rings is 1. The van der Waals surface area contributed by atoms with Crippen molar-refractivity contribution in [1.29, 1.82) is 0 Å². The first-order valence-corrected chi connectivity index (χ1v) is 7.14. The zero-order valence-electron chi connectivity index (χ0n) is 10.8. The maximum atomic E-state index is 13.8. The highest BCUT2D eigenvalue weighted by atomic mass is 32.2. The Labute approximate surface area is 123 Å². The van der Waals surface area contributed by atoms with Crippen molar-refractivity contribution in [3.05, 3.63) is 34.0 Å². The zero-order valence-corrected chi connectivity index (χ0v) is 11.7. The van der Waals surface area contributed by atoms with E-state index < -0.39 is 61.7 Å². The van der Waals surface area contributed by atoms with E-state index in [1.54, 1.807) is 0 Å². The van der Waals surface area contributed by atoms with Gasteiger partial charge in [-0.15, -0.1) is 0 Å². The second-order valence-electron chi connectivity index (χ2n) is 4.04. The molecule has 0 radical (unpaired) electrons. The first kappa shape index (κ1) is 16.1. The van der Waals surface area contributed by atoms with Crippen LogP contribution in [0.2, 0.25) is 0 Å². The fourth-order valence-electron chi connectivity index (χ4n) is 1.91. The summed E-state index contributed by atoms with van der Waals surface area (Å²) in [5, 5.41) is 10.9. The number of hydrogen-bond acceptors (Lipinski definition) is 4. The minimum atomic E-state index is -2.35. The van der Waals surface area contributed by atoms with E-state index in [1.807, 2.05) is 0 Å². The monoisotopic (exact) mass is 338 g/mol. The maximum Gasteiger partial charge on any atom is 0.338 e. The van der Waals surface area contributed by atoms with Gasteiger partial charge in [0.2, 0.25) is 10.7 Å². The Morgan fingerprint density at radius 2 is 1.55 bits per heavy atom. The van der Waals surface area contributed by atoms with Crippen LogP contribution < -0.4 is 10.8 Å². The highest BCUT2D eigenvalue weighted by Crippen LogP contribution is 2.41. The van der Waals surface area contributed by atoms with Crippen LogP contribution in [-0.2, 0) is 5.75 Å². The molecule has 1 atom stereocenters. The summed E-state index contributed by atoms with van der Waals surface area (Å²) < 4.78 is 67.0. The molecule has 1 unspecified atom stereocenters. The molecule has 22 heavy (non-hydrogen) atoms. The molecule has 118 valence electrons. The molecule has 0 saturated heterocycles. The molecule has 2 N–H and O–H groups in total. The molecule has 0 spiro atoms. The number of carboxylic acid groups (broad SMARTS) is 1. The SMILES string of the molecule is CC[s+]1c(N)nc(-c2c(F)c(F)c(F)c(F)c2F)c1C(=O)[O-]. The van der Waals surface area contributed by atoms with Crippen LogP contribution in [-0.4, -0.2) is 11.0 Å². The lowest BCUT2D eigenvalue weighted by Crippen LogP contribution is -2.23. The average Bonchev–Trinajstić information content (AvgIpc) is 2.79. The van der Waals surface area contributed by atoms with Gasteiger partial charge < -0.3 is 15.6 Å². The molecule has 2 rings (SSSR count). The maximum absolute atomic E-state index is 13.8. The summed E-state index contributed by atoms with van der Waals surface area (Å²) in [6.07, 6.45) is 0. The molecule has 0 aliphatic carbocycles. The third-order valence-corrected chi connectivity index (χ3v) is 4.88. The van der Waals surface area contributed by atoms with E-state index in [2.05, 4.69) is 4.98 Å². The van der Waals surface area contributed by atoms with Crippen molar-refractivity contribution in [2.24, 2.45) is 0 Å². The second-order valence-corrected chi connectivity index (χ2v) is 6.22. The van der Waals surface area contributed by atoms with Crippen LogP contribution in [0, 0.1) is 29.1 Å². The molecule has 10 heteroatoms. The standard InChI is InChI=1S/C12H7F5N2O2S/c1-2-22-10(11(20)21)9(19-12(22)18)3-4(13)6(15)8(17)7(16)5(3)14/h2H2,1H3,(H2-,18,19,20,21). The molecule has 0 amide bonds. The molecular weight excluding hydrogens is 331 g/mol. The number of nitrogens with two attached hydrogens (primary N) is 1. The second kappa shape index (κ2) is 5.52. The van der Waals surface area contributed by atoms with E-state index in [9.17, 15) is 31.9 Å². The normalized spacial score (nSPS) is 11.8. The number of anilines is 1. The number of halogens is 5. The van der Waals surface area contributed by atoms with Gasteiger partial charge in [0, 0.05) is 10.5 Å². The van der Waals surface area contributed by atoms with E-state index in [0.717, 1.165) is 0 Å². The van der Waals surface area contributed by atoms with E-state index in [-0.39, 0.29) is 10.9 Å². The average molecular weight is 338 g/mol. The minimum absolute atomic E-state index is 0.123. The Bertz CT molecular complexity index is 762. The minimum Gasteiger partial charge on any atom is -0.540 e. The van der Waals surface area contributed by atoms with Crippen molar-refractivity contribution in [1.82, 2.24) is 4.98 Å². The fourth-order valence-corrected chi connectivity index (χ4v) is 3.49. The number of hydrogen-bond donors (Lipinski definition) is 1. The fraction of sp³-hybridized carbons (Fsp3) is 0.167. The van der Waals surface area contributed by atoms with E-state index in [1.165, 1.54) is 6.92 Å². The molecule has 4 nitrogen and oxygen atoms in total. The lowest BCUT2D eigenvalue weighted by atomic mass is 10.1. The van der Waals surface area contributed by atoms with Gasteiger partial charge in [0.15, 0.2) is 23.3 Å². The Morgan fingerprint density at radius 3 is 1.95 bits per heavy atom. The topological polar surface area (TPSA) is 79.0 Å². The molecule has 1 heterocycles. The zero-order chi connectivity index (χ0) is 16.8. The highest BCUT2D eigenvalue weighted by molar-refractivity contribution is 7.35. The van der Waals surface area contributed by atoms with Crippen molar-refractivity contribution in [2.75, 3.05) is 5.73 Å². The summed E-state index contributed by atoms with van der Waals surface area (Å²) in [5.41, 5.74) is 3.14. The Kier molecular flexibility index (Phi) is 4.05. The molecule has 1 aromatic heterocycles. The van der Waals surface area contributed by atoms with Crippen LogP contribution in [0.1, 0.15) is 16.6 Å². The third kappa shape index (κ3) is 2.19. The number of aromatic nitrogens is 1. The molecule has 0 saturated carbocycles. The summed E-state index contributed by atoms with van der Waals surface area (Å²) in [7, 11) is -1.34. The number of aromatic carboxylic acids is 1. The first-order chi connectivity index (χ1) is 10.2. The van der Waals surface area contributed by atoms with Crippen LogP contribution in [0.5, 0.6) is 0 Å². The van der Waals surface area contributed by atoms with Gasteiger partial charge in [0.05, 0.1) is 5.56 Å². The van der Waals surface area contributed by atoms with E-state index >= 15 is 0 Å². The van der Waals surface area contributed by atoms with Crippen molar-refractivity contribution in [3.8, 4) is 11.3 Å². The summed E-state index contributed by atoms with van der Waals surface area (Å²) in [6, 6.07) is 0. The van der Waals surface area contributed by atoms with Gasteiger partial charge in [0.25, 0.3) is 0 Å². The van der Waals surface area contributed by atoms with Crippen LogP contribution in [0.4, 0.5) is 27.1 Å². The largest absolute Gasteiger partial charge is 0.540 e. The number of rotatable bonds is 3. The lowest BCUT2D eigenvalue weighted by molar-refractivity contribution is -0.254. The van der Waals surface area contributed by atoms with Crippen molar-refractivity contribution in [3.63, 3.8) is 0 Å². The molecule has 0 fully saturated rings. The molecule has 2 aromatic rings. The Morgan fingerprint density at radius 1 is 1.09 bits per heavy atom. The van der Waals surface area contributed by atoms with Gasteiger partial charge in [-0.1, -0.05) is 0 Å². The van der Waals surface area contributed by atoms with Crippen LogP contribution >= 0.6 is 10.5 Å². The lowest BCUT2D eigenvalue weighted by Gasteiger charge is -2.06.